The van der Waals surface area contributed by atoms with Gasteiger partial charge in [0.1, 0.15) is 5.82 Å². The van der Waals surface area contributed by atoms with Gasteiger partial charge in [-0.2, -0.15) is 0 Å². The van der Waals surface area contributed by atoms with E-state index in [2.05, 4.69) is 5.32 Å². The molecule has 1 aromatic carbocycles. The Kier molecular flexibility index (Phi) is 5.04. The Bertz CT molecular complexity index is 462. The van der Waals surface area contributed by atoms with Gasteiger partial charge in [-0.1, -0.05) is 6.07 Å². The average molecular weight is 261 g/mol. The highest BCUT2D eigenvalue weighted by molar-refractivity contribution is 7.91. The van der Waals surface area contributed by atoms with Gasteiger partial charge in [0, 0.05) is 13.2 Å². The van der Waals surface area contributed by atoms with Gasteiger partial charge in [0.2, 0.25) is 0 Å². The van der Waals surface area contributed by atoms with Crippen molar-refractivity contribution < 1.29 is 17.5 Å². The van der Waals surface area contributed by atoms with Crippen LogP contribution in [0.5, 0.6) is 0 Å². The number of benzene rings is 1. The van der Waals surface area contributed by atoms with Gasteiger partial charge in [-0.25, -0.2) is 12.8 Å². The third-order valence-corrected chi connectivity index (χ3v) is 4.17. The van der Waals surface area contributed by atoms with E-state index in [1.807, 2.05) is 0 Å². The zero-order chi connectivity index (χ0) is 12.9. The van der Waals surface area contributed by atoms with Gasteiger partial charge in [-0.15, -0.1) is 0 Å². The molecule has 6 heteroatoms. The van der Waals surface area contributed by atoms with Crippen LogP contribution in [-0.2, 0) is 14.6 Å². The molecule has 17 heavy (non-hydrogen) atoms. The zero-order valence-electron chi connectivity index (χ0n) is 9.81. The van der Waals surface area contributed by atoms with Crippen molar-refractivity contribution in [1.82, 2.24) is 5.32 Å². The van der Waals surface area contributed by atoms with E-state index in [4.69, 9.17) is 4.74 Å². The number of hydrogen-bond donors (Lipinski definition) is 1. The lowest BCUT2D eigenvalue weighted by molar-refractivity contribution is 0.176. The third-order valence-electron chi connectivity index (χ3n) is 2.35. The molecule has 4 nitrogen and oxygen atoms in total. The Labute approximate surface area is 101 Å². The molecule has 0 bridgehead atoms. The summed E-state index contributed by atoms with van der Waals surface area (Å²) in [6.45, 7) is 0.283. The number of hydrogen-bond acceptors (Lipinski definition) is 4. The molecule has 0 aromatic heterocycles. The lowest BCUT2D eigenvalue weighted by Gasteiger charge is -2.15. The second-order valence-electron chi connectivity index (χ2n) is 3.68. The standard InChI is InChI=1S/C11H16FNO3S/c1-13-10(7-16-2)8-17(14,15)11-5-3-4-9(12)6-11/h3-6,10,13H,7-8H2,1-2H3. The summed E-state index contributed by atoms with van der Waals surface area (Å²) in [6, 6.07) is 4.69. The van der Waals surface area contributed by atoms with Gasteiger partial charge < -0.3 is 10.1 Å². The van der Waals surface area contributed by atoms with Crippen molar-refractivity contribution >= 4 is 9.84 Å². The normalized spacial score (nSPS) is 13.6. The second kappa shape index (κ2) is 6.09. The fourth-order valence-electron chi connectivity index (χ4n) is 1.44. The Hall–Kier alpha value is -0.980. The van der Waals surface area contributed by atoms with Gasteiger partial charge >= 0.3 is 0 Å². The molecule has 0 amide bonds. The quantitative estimate of drug-likeness (QED) is 0.824. The summed E-state index contributed by atoms with van der Waals surface area (Å²) < 4.78 is 41.8. The van der Waals surface area contributed by atoms with E-state index in [0.717, 1.165) is 6.07 Å². The molecule has 0 saturated carbocycles. The van der Waals surface area contributed by atoms with E-state index in [1.54, 1.807) is 7.05 Å². The van der Waals surface area contributed by atoms with Crippen molar-refractivity contribution in [1.29, 1.82) is 0 Å². The predicted molar refractivity (Wildman–Crippen MR) is 63.2 cm³/mol. The maximum absolute atomic E-state index is 13.0. The molecule has 0 fully saturated rings. The molecule has 0 heterocycles. The minimum absolute atomic E-state index is 0.00569. The molecular formula is C11H16FNO3S. The molecule has 0 aliphatic heterocycles. The summed E-state index contributed by atoms with van der Waals surface area (Å²) in [5, 5.41) is 2.85. The van der Waals surface area contributed by atoms with E-state index in [-0.39, 0.29) is 23.3 Å². The molecule has 0 aliphatic carbocycles. The van der Waals surface area contributed by atoms with E-state index in [1.165, 1.54) is 25.3 Å². The van der Waals surface area contributed by atoms with Crippen LogP contribution >= 0.6 is 0 Å². The van der Waals surface area contributed by atoms with Gasteiger partial charge in [0.05, 0.1) is 17.3 Å². The highest BCUT2D eigenvalue weighted by Gasteiger charge is 2.20. The minimum Gasteiger partial charge on any atom is -0.383 e. The fraction of sp³-hybridized carbons (Fsp3) is 0.455. The number of likely N-dealkylation sites (N-methyl/N-ethyl adjacent to an activating group) is 1. The van der Waals surface area contributed by atoms with E-state index >= 15 is 0 Å². The molecule has 0 radical (unpaired) electrons. The summed E-state index contributed by atoms with van der Waals surface area (Å²) in [5.41, 5.74) is 0. The summed E-state index contributed by atoms with van der Waals surface area (Å²) in [5.74, 6) is -0.681. The smallest absolute Gasteiger partial charge is 0.180 e. The minimum atomic E-state index is -3.50. The van der Waals surface area contributed by atoms with Gasteiger partial charge in [-0.3, -0.25) is 0 Å². The van der Waals surface area contributed by atoms with Gasteiger partial charge in [0.15, 0.2) is 9.84 Å². The summed E-state index contributed by atoms with van der Waals surface area (Å²) in [4.78, 5) is -0.00569. The van der Waals surface area contributed by atoms with Crippen molar-refractivity contribution in [2.24, 2.45) is 0 Å². The molecule has 1 aromatic rings. The van der Waals surface area contributed by atoms with E-state index in [9.17, 15) is 12.8 Å². The lowest BCUT2D eigenvalue weighted by atomic mass is 10.3. The molecule has 1 N–H and O–H groups in total. The van der Waals surface area contributed by atoms with Crippen LogP contribution in [0.1, 0.15) is 0 Å². The molecule has 0 saturated heterocycles. The lowest BCUT2D eigenvalue weighted by Crippen LogP contribution is -2.36. The first kappa shape index (κ1) is 14.1. The van der Waals surface area contributed by atoms with Crippen molar-refractivity contribution in [3.05, 3.63) is 30.1 Å². The van der Waals surface area contributed by atoms with Gasteiger partial charge in [-0.05, 0) is 25.2 Å². The van der Waals surface area contributed by atoms with Crippen LogP contribution in [0.3, 0.4) is 0 Å². The van der Waals surface area contributed by atoms with Crippen LogP contribution < -0.4 is 5.32 Å². The molecular weight excluding hydrogens is 245 g/mol. The van der Waals surface area contributed by atoms with Crippen LogP contribution in [0, 0.1) is 5.82 Å². The van der Waals surface area contributed by atoms with Crippen molar-refractivity contribution in [3.63, 3.8) is 0 Å². The molecule has 0 aliphatic rings. The van der Waals surface area contributed by atoms with Crippen LogP contribution in [0.25, 0.3) is 0 Å². The number of sulfone groups is 1. The monoisotopic (exact) mass is 261 g/mol. The van der Waals surface area contributed by atoms with E-state index < -0.39 is 15.7 Å². The number of nitrogens with one attached hydrogen (secondary N) is 1. The fourth-order valence-corrected chi connectivity index (χ4v) is 3.00. The largest absolute Gasteiger partial charge is 0.383 e. The summed E-state index contributed by atoms with van der Waals surface area (Å²) >= 11 is 0. The molecule has 1 atom stereocenters. The van der Waals surface area contributed by atoms with Gasteiger partial charge in [0.25, 0.3) is 0 Å². The first-order valence-corrected chi connectivity index (χ1v) is 6.79. The van der Waals surface area contributed by atoms with Crippen molar-refractivity contribution in [3.8, 4) is 0 Å². The number of halogens is 1. The van der Waals surface area contributed by atoms with Crippen LogP contribution in [0.15, 0.2) is 29.2 Å². The van der Waals surface area contributed by atoms with Crippen molar-refractivity contribution in [2.45, 2.75) is 10.9 Å². The topological polar surface area (TPSA) is 55.4 Å². The van der Waals surface area contributed by atoms with Crippen molar-refractivity contribution in [2.75, 3.05) is 26.5 Å². The molecule has 1 rings (SSSR count). The summed E-state index contributed by atoms with van der Waals surface area (Å²) in [7, 11) is -0.342. The van der Waals surface area contributed by atoms with E-state index in [0.29, 0.717) is 0 Å². The molecule has 1 unspecified atom stereocenters. The average Bonchev–Trinajstić information content (AvgIpc) is 2.28. The first-order chi connectivity index (χ1) is 7.99. The SMILES string of the molecule is CNC(COC)CS(=O)(=O)c1cccc(F)c1. The number of rotatable bonds is 6. The predicted octanol–water partition coefficient (Wildman–Crippen LogP) is 0.834. The first-order valence-electron chi connectivity index (χ1n) is 5.14. The Morgan fingerprint density at radius 1 is 1.47 bits per heavy atom. The van der Waals surface area contributed by atoms with Crippen LogP contribution in [0.2, 0.25) is 0 Å². The Morgan fingerprint density at radius 3 is 2.71 bits per heavy atom. The molecule has 96 valence electrons. The van der Waals surface area contributed by atoms with Crippen LogP contribution in [0.4, 0.5) is 4.39 Å². The third kappa shape index (κ3) is 4.07. The second-order valence-corrected chi connectivity index (χ2v) is 5.71. The zero-order valence-corrected chi connectivity index (χ0v) is 10.6. The maximum atomic E-state index is 13.0. The maximum Gasteiger partial charge on any atom is 0.180 e. The van der Waals surface area contributed by atoms with Crippen LogP contribution in [-0.4, -0.2) is 41.0 Å². The highest BCUT2D eigenvalue weighted by Crippen LogP contribution is 2.13. The number of ether oxygens (including phenoxy) is 1. The molecule has 0 spiro atoms. The number of methoxy groups -OCH3 is 1. The summed E-state index contributed by atoms with van der Waals surface area (Å²) in [6.07, 6.45) is 0. The highest BCUT2D eigenvalue weighted by atomic mass is 32.2. The Balaban J connectivity index is 2.88. The Morgan fingerprint density at radius 2 is 2.18 bits per heavy atom.